The molecule has 96 valence electrons. The molecule has 0 radical (unpaired) electrons. The smallest absolute Gasteiger partial charge is 0.155 e. The molecule has 1 rings (SSSR count). The van der Waals surface area contributed by atoms with Gasteiger partial charge in [0.1, 0.15) is 0 Å². The van der Waals surface area contributed by atoms with Crippen LogP contribution in [-0.4, -0.2) is 20.2 Å². The first-order chi connectivity index (χ1) is 7.82. The van der Waals surface area contributed by atoms with Crippen molar-refractivity contribution >= 4 is 9.84 Å². The Labute approximate surface area is 104 Å². The maximum absolute atomic E-state index is 12.0. The number of hydrogen-bond acceptors (Lipinski definition) is 3. The van der Waals surface area contributed by atoms with Gasteiger partial charge in [0.2, 0.25) is 0 Å². The molecule has 17 heavy (non-hydrogen) atoms. The van der Waals surface area contributed by atoms with Crippen LogP contribution >= 0.6 is 0 Å². The molecule has 1 unspecified atom stereocenters. The quantitative estimate of drug-likeness (QED) is 0.874. The van der Waals surface area contributed by atoms with Gasteiger partial charge in [-0.1, -0.05) is 38.1 Å². The van der Waals surface area contributed by atoms with Crippen LogP contribution in [0.5, 0.6) is 0 Å². The second kappa shape index (κ2) is 5.65. The van der Waals surface area contributed by atoms with E-state index in [1.54, 1.807) is 0 Å². The van der Waals surface area contributed by atoms with Crippen LogP contribution in [-0.2, 0) is 15.6 Å². The molecule has 0 spiro atoms. The lowest BCUT2D eigenvalue weighted by atomic mass is 10.1. The van der Waals surface area contributed by atoms with Crippen molar-refractivity contribution in [2.24, 2.45) is 11.7 Å². The van der Waals surface area contributed by atoms with Crippen molar-refractivity contribution in [1.82, 2.24) is 0 Å². The Morgan fingerprint density at radius 1 is 1.24 bits per heavy atom. The summed E-state index contributed by atoms with van der Waals surface area (Å²) < 4.78 is 24.0. The van der Waals surface area contributed by atoms with E-state index in [9.17, 15) is 8.42 Å². The van der Waals surface area contributed by atoms with E-state index in [1.807, 2.05) is 45.0 Å². The Kier molecular flexibility index (Phi) is 4.71. The second-order valence-electron chi connectivity index (χ2n) is 4.89. The molecule has 1 atom stereocenters. The fourth-order valence-corrected chi connectivity index (χ4v) is 3.44. The van der Waals surface area contributed by atoms with Crippen LogP contribution in [0, 0.1) is 12.8 Å². The first-order valence-electron chi connectivity index (χ1n) is 5.82. The summed E-state index contributed by atoms with van der Waals surface area (Å²) in [6.45, 7) is 5.80. The molecular weight excluding hydrogens is 234 g/mol. The zero-order valence-electron chi connectivity index (χ0n) is 10.7. The van der Waals surface area contributed by atoms with Gasteiger partial charge in [-0.05, 0) is 24.0 Å². The van der Waals surface area contributed by atoms with Gasteiger partial charge in [0.05, 0.1) is 11.5 Å². The molecule has 0 heterocycles. The third kappa shape index (κ3) is 4.48. The van der Waals surface area contributed by atoms with E-state index < -0.39 is 9.84 Å². The summed E-state index contributed by atoms with van der Waals surface area (Å²) >= 11 is 0. The monoisotopic (exact) mass is 255 g/mol. The van der Waals surface area contributed by atoms with Crippen molar-refractivity contribution in [2.75, 3.05) is 5.75 Å². The number of sulfone groups is 1. The topological polar surface area (TPSA) is 60.2 Å². The lowest BCUT2D eigenvalue weighted by Crippen LogP contribution is -2.34. The third-order valence-electron chi connectivity index (χ3n) is 2.94. The summed E-state index contributed by atoms with van der Waals surface area (Å²) in [4.78, 5) is 0. The minimum absolute atomic E-state index is 0.0546. The molecule has 0 aliphatic heterocycles. The molecule has 4 heteroatoms. The van der Waals surface area contributed by atoms with Gasteiger partial charge in [0.25, 0.3) is 0 Å². The molecule has 0 bridgehead atoms. The van der Waals surface area contributed by atoms with Gasteiger partial charge < -0.3 is 5.73 Å². The van der Waals surface area contributed by atoms with E-state index in [0.717, 1.165) is 11.1 Å². The summed E-state index contributed by atoms with van der Waals surface area (Å²) in [5, 5.41) is 0. The summed E-state index contributed by atoms with van der Waals surface area (Å²) in [5.74, 6) is 0.320. The molecule has 0 amide bonds. The van der Waals surface area contributed by atoms with E-state index >= 15 is 0 Å². The van der Waals surface area contributed by atoms with Crippen LogP contribution < -0.4 is 5.73 Å². The summed E-state index contributed by atoms with van der Waals surface area (Å²) in [6, 6.07) is 7.26. The van der Waals surface area contributed by atoms with Gasteiger partial charge in [-0.3, -0.25) is 0 Å². The minimum atomic E-state index is -3.13. The van der Waals surface area contributed by atoms with Crippen LogP contribution in [0.15, 0.2) is 24.3 Å². The summed E-state index contributed by atoms with van der Waals surface area (Å²) in [6.07, 6.45) is 0. The Balaban J connectivity index is 2.77. The average molecular weight is 255 g/mol. The number of nitrogens with two attached hydrogens (primary N) is 1. The number of aryl methyl sites for hydroxylation is 1. The van der Waals surface area contributed by atoms with Crippen molar-refractivity contribution < 1.29 is 8.42 Å². The van der Waals surface area contributed by atoms with Crippen LogP contribution in [0.1, 0.15) is 25.0 Å². The van der Waals surface area contributed by atoms with Gasteiger partial charge >= 0.3 is 0 Å². The Bertz CT molecular complexity index is 466. The second-order valence-corrected chi connectivity index (χ2v) is 7.00. The highest BCUT2D eigenvalue weighted by atomic mass is 32.2. The van der Waals surface area contributed by atoms with Gasteiger partial charge in [-0.2, -0.15) is 0 Å². The molecule has 0 aliphatic carbocycles. The molecule has 0 aliphatic rings. The van der Waals surface area contributed by atoms with Crippen molar-refractivity contribution in [2.45, 2.75) is 32.6 Å². The molecule has 0 aromatic heterocycles. The number of rotatable bonds is 5. The van der Waals surface area contributed by atoms with E-state index in [0.29, 0.717) is 0 Å². The molecule has 1 aromatic rings. The van der Waals surface area contributed by atoms with Gasteiger partial charge in [0, 0.05) is 6.04 Å². The highest BCUT2D eigenvalue weighted by Gasteiger charge is 2.19. The first-order valence-corrected chi connectivity index (χ1v) is 7.64. The normalized spacial score (nSPS) is 13.9. The van der Waals surface area contributed by atoms with Crippen molar-refractivity contribution in [3.8, 4) is 0 Å². The van der Waals surface area contributed by atoms with Gasteiger partial charge in [-0.15, -0.1) is 0 Å². The van der Waals surface area contributed by atoms with Crippen molar-refractivity contribution in [3.05, 3.63) is 35.4 Å². The maximum Gasteiger partial charge on any atom is 0.155 e. The molecule has 0 saturated carbocycles. The standard InChI is InChI=1S/C13H21NO2S/c1-10(2)13(14)9-17(15,16)8-12-7-5-4-6-11(12)3/h4-7,10,13H,8-9,14H2,1-3H3. The molecule has 0 fully saturated rings. The largest absolute Gasteiger partial charge is 0.327 e. The predicted octanol–water partition coefficient (Wildman–Crippen LogP) is 1.89. The summed E-state index contributed by atoms with van der Waals surface area (Å²) in [5.41, 5.74) is 7.69. The minimum Gasteiger partial charge on any atom is -0.327 e. The third-order valence-corrected chi connectivity index (χ3v) is 4.58. The molecule has 0 saturated heterocycles. The van der Waals surface area contributed by atoms with Gasteiger partial charge in [-0.25, -0.2) is 8.42 Å². The lowest BCUT2D eigenvalue weighted by molar-refractivity contribution is 0.516. The maximum atomic E-state index is 12.0. The number of benzene rings is 1. The van der Waals surface area contributed by atoms with E-state index in [4.69, 9.17) is 5.73 Å². The zero-order chi connectivity index (χ0) is 13.1. The van der Waals surface area contributed by atoms with Crippen LogP contribution in [0.2, 0.25) is 0 Å². The summed E-state index contributed by atoms with van der Waals surface area (Å²) in [7, 11) is -3.13. The lowest BCUT2D eigenvalue weighted by Gasteiger charge is -2.16. The SMILES string of the molecule is Cc1ccccc1CS(=O)(=O)CC(N)C(C)C. The van der Waals surface area contributed by atoms with Crippen molar-refractivity contribution in [3.63, 3.8) is 0 Å². The van der Waals surface area contributed by atoms with Crippen LogP contribution in [0.3, 0.4) is 0 Å². The highest BCUT2D eigenvalue weighted by molar-refractivity contribution is 7.90. The Hall–Kier alpha value is -0.870. The number of hydrogen-bond donors (Lipinski definition) is 1. The molecule has 3 nitrogen and oxygen atoms in total. The van der Waals surface area contributed by atoms with E-state index in [1.165, 1.54) is 0 Å². The fourth-order valence-electron chi connectivity index (χ4n) is 1.55. The molecule has 2 N–H and O–H groups in total. The fraction of sp³-hybridized carbons (Fsp3) is 0.538. The van der Waals surface area contributed by atoms with Crippen LogP contribution in [0.4, 0.5) is 0 Å². The Morgan fingerprint density at radius 3 is 2.35 bits per heavy atom. The highest BCUT2D eigenvalue weighted by Crippen LogP contribution is 2.13. The van der Waals surface area contributed by atoms with E-state index in [2.05, 4.69) is 0 Å². The van der Waals surface area contributed by atoms with E-state index in [-0.39, 0.29) is 23.5 Å². The first kappa shape index (κ1) is 14.2. The zero-order valence-corrected chi connectivity index (χ0v) is 11.5. The average Bonchev–Trinajstić information content (AvgIpc) is 2.20. The van der Waals surface area contributed by atoms with Gasteiger partial charge in [0.15, 0.2) is 9.84 Å². The van der Waals surface area contributed by atoms with Crippen molar-refractivity contribution in [1.29, 1.82) is 0 Å². The Morgan fingerprint density at radius 2 is 1.82 bits per heavy atom. The molecule has 1 aromatic carbocycles. The predicted molar refractivity (Wildman–Crippen MR) is 71.5 cm³/mol. The molecular formula is C13H21NO2S. The van der Waals surface area contributed by atoms with Crippen LogP contribution in [0.25, 0.3) is 0 Å².